The summed E-state index contributed by atoms with van der Waals surface area (Å²) in [6, 6.07) is 11.4. The van der Waals surface area contributed by atoms with Crippen molar-refractivity contribution in [2.45, 2.75) is 39.0 Å². The van der Waals surface area contributed by atoms with Gasteiger partial charge in [-0.2, -0.15) is 0 Å². The van der Waals surface area contributed by atoms with E-state index in [-0.39, 0.29) is 23.2 Å². The van der Waals surface area contributed by atoms with E-state index in [1.807, 2.05) is 19.1 Å². The summed E-state index contributed by atoms with van der Waals surface area (Å²) in [5.41, 5.74) is 2.00. The Kier molecular flexibility index (Phi) is 7.57. The summed E-state index contributed by atoms with van der Waals surface area (Å²) in [4.78, 5) is 36.4. The molecule has 8 heteroatoms. The van der Waals surface area contributed by atoms with Crippen molar-refractivity contribution >= 4 is 45.2 Å². The third-order valence-electron chi connectivity index (χ3n) is 5.24. The molecule has 0 radical (unpaired) electrons. The van der Waals surface area contributed by atoms with Gasteiger partial charge in [-0.25, -0.2) is 0 Å². The van der Waals surface area contributed by atoms with E-state index >= 15 is 0 Å². The van der Waals surface area contributed by atoms with Crippen molar-refractivity contribution < 1.29 is 14.5 Å². The van der Waals surface area contributed by atoms with Crippen LogP contribution in [0.3, 0.4) is 0 Å². The van der Waals surface area contributed by atoms with Crippen LogP contribution in [-0.2, 0) is 9.59 Å². The van der Waals surface area contributed by atoms with Crippen LogP contribution in [0.4, 0.5) is 11.4 Å². The van der Waals surface area contributed by atoms with E-state index in [4.69, 9.17) is 0 Å². The Labute approximate surface area is 189 Å². The number of nitro groups is 1. The number of hydrogen-bond donors (Lipinski definition) is 2. The lowest BCUT2D eigenvalue weighted by atomic mass is 9.88. The minimum Gasteiger partial charge on any atom is -0.321 e. The van der Waals surface area contributed by atoms with E-state index < -0.39 is 10.8 Å². The predicted octanol–water partition coefficient (Wildman–Crippen LogP) is 5.34. The van der Waals surface area contributed by atoms with Crippen molar-refractivity contribution in [2.75, 3.05) is 5.32 Å². The van der Waals surface area contributed by atoms with Crippen LogP contribution in [-0.4, -0.2) is 16.7 Å². The van der Waals surface area contributed by atoms with Gasteiger partial charge in [0.2, 0.25) is 5.91 Å². The smallest absolute Gasteiger partial charge is 0.272 e. The molecule has 0 heterocycles. The topological polar surface area (TPSA) is 101 Å². The summed E-state index contributed by atoms with van der Waals surface area (Å²) in [5.74, 6) is -0.837. The second-order valence-electron chi connectivity index (χ2n) is 7.67. The van der Waals surface area contributed by atoms with Gasteiger partial charge in [0.1, 0.15) is 5.70 Å². The van der Waals surface area contributed by atoms with Gasteiger partial charge < -0.3 is 10.6 Å². The molecule has 162 valence electrons. The van der Waals surface area contributed by atoms with Crippen molar-refractivity contribution in [3.05, 3.63) is 73.9 Å². The number of nitrogens with one attached hydrogen (secondary N) is 2. The van der Waals surface area contributed by atoms with Gasteiger partial charge in [0.25, 0.3) is 11.6 Å². The van der Waals surface area contributed by atoms with Crippen LogP contribution < -0.4 is 10.6 Å². The fraction of sp³-hybridized carbons (Fsp3) is 0.304. The molecule has 1 aliphatic rings. The standard InChI is InChI=1S/C23H24BrN3O4/c1-15-10-11-20(19(24)12-15)25-23(29)21(26-22(28)17-7-3-2-4-8-17)14-16-6-5-9-18(13-16)27(30)31/h5-6,9-14,17H,2-4,7-8H2,1H3,(H,25,29)(H,26,28). The molecular formula is C23H24BrN3O4. The largest absolute Gasteiger partial charge is 0.321 e. The van der Waals surface area contributed by atoms with Crippen LogP contribution in [0.2, 0.25) is 0 Å². The highest BCUT2D eigenvalue weighted by Crippen LogP contribution is 2.26. The molecule has 2 amide bonds. The average molecular weight is 486 g/mol. The van der Waals surface area contributed by atoms with Gasteiger partial charge in [0.05, 0.1) is 10.6 Å². The number of nitrogens with zero attached hydrogens (tertiary/aromatic N) is 1. The van der Waals surface area contributed by atoms with Crippen molar-refractivity contribution in [3.8, 4) is 0 Å². The number of halogens is 1. The molecule has 2 aromatic carbocycles. The zero-order valence-corrected chi connectivity index (χ0v) is 18.8. The lowest BCUT2D eigenvalue weighted by molar-refractivity contribution is -0.384. The third kappa shape index (κ3) is 6.24. The first kappa shape index (κ1) is 22.7. The van der Waals surface area contributed by atoms with E-state index in [0.717, 1.165) is 37.7 Å². The summed E-state index contributed by atoms with van der Waals surface area (Å²) in [6.07, 6.45) is 6.14. The van der Waals surface area contributed by atoms with Crippen molar-refractivity contribution in [1.82, 2.24) is 5.32 Å². The van der Waals surface area contributed by atoms with Crippen molar-refractivity contribution in [2.24, 2.45) is 5.92 Å². The molecule has 0 saturated heterocycles. The van der Waals surface area contributed by atoms with Gasteiger partial charge in [-0.3, -0.25) is 19.7 Å². The molecule has 1 fully saturated rings. The second kappa shape index (κ2) is 10.3. The van der Waals surface area contributed by atoms with Crippen LogP contribution in [0.5, 0.6) is 0 Å². The maximum Gasteiger partial charge on any atom is 0.272 e. The Morgan fingerprint density at radius 3 is 2.55 bits per heavy atom. The summed E-state index contributed by atoms with van der Waals surface area (Å²) in [5, 5.41) is 16.7. The summed E-state index contributed by atoms with van der Waals surface area (Å²) in [7, 11) is 0. The van der Waals surface area contributed by atoms with Gasteiger partial charge in [0.15, 0.2) is 0 Å². The summed E-state index contributed by atoms with van der Waals surface area (Å²) < 4.78 is 0.717. The molecule has 0 unspecified atom stereocenters. The summed E-state index contributed by atoms with van der Waals surface area (Å²) >= 11 is 3.43. The number of carbonyl (C=O) groups excluding carboxylic acids is 2. The van der Waals surface area contributed by atoms with Gasteiger partial charge in [-0.15, -0.1) is 0 Å². The predicted molar refractivity (Wildman–Crippen MR) is 123 cm³/mol. The first-order valence-electron chi connectivity index (χ1n) is 10.2. The monoisotopic (exact) mass is 485 g/mol. The minimum atomic E-state index is -0.500. The van der Waals surface area contributed by atoms with Gasteiger partial charge in [-0.1, -0.05) is 37.5 Å². The normalized spacial score (nSPS) is 14.7. The number of nitro benzene ring substituents is 1. The number of amides is 2. The summed E-state index contributed by atoms with van der Waals surface area (Å²) in [6.45, 7) is 1.94. The Bertz CT molecular complexity index is 1030. The average Bonchev–Trinajstić information content (AvgIpc) is 2.76. The highest BCUT2D eigenvalue weighted by atomic mass is 79.9. The number of non-ortho nitro benzene ring substituents is 1. The lowest BCUT2D eigenvalue weighted by Gasteiger charge is -2.21. The molecule has 1 saturated carbocycles. The number of hydrogen-bond acceptors (Lipinski definition) is 4. The molecule has 7 nitrogen and oxygen atoms in total. The van der Waals surface area contributed by atoms with E-state index in [1.54, 1.807) is 18.2 Å². The fourth-order valence-corrected chi connectivity index (χ4v) is 4.16. The van der Waals surface area contributed by atoms with Crippen molar-refractivity contribution in [1.29, 1.82) is 0 Å². The molecule has 0 spiro atoms. The molecule has 1 aliphatic carbocycles. The maximum atomic E-state index is 13.0. The Morgan fingerprint density at radius 1 is 1.13 bits per heavy atom. The van der Waals surface area contributed by atoms with E-state index in [9.17, 15) is 19.7 Å². The zero-order valence-electron chi connectivity index (χ0n) is 17.2. The zero-order chi connectivity index (χ0) is 22.4. The lowest BCUT2D eigenvalue weighted by Crippen LogP contribution is -2.35. The minimum absolute atomic E-state index is 0.0450. The third-order valence-corrected chi connectivity index (χ3v) is 5.90. The van der Waals surface area contributed by atoms with Crippen molar-refractivity contribution in [3.63, 3.8) is 0 Å². The maximum absolute atomic E-state index is 13.0. The van der Waals surface area contributed by atoms with Gasteiger partial charge >= 0.3 is 0 Å². The molecule has 0 atom stereocenters. The van der Waals surface area contributed by atoms with Gasteiger partial charge in [-0.05, 0) is 65.0 Å². The molecule has 3 rings (SSSR count). The highest BCUT2D eigenvalue weighted by molar-refractivity contribution is 9.10. The van der Waals surface area contributed by atoms with E-state index in [1.165, 1.54) is 18.2 Å². The Hall–Kier alpha value is -3.00. The quantitative estimate of drug-likeness (QED) is 0.327. The van der Waals surface area contributed by atoms with E-state index in [2.05, 4.69) is 26.6 Å². The molecule has 2 N–H and O–H groups in total. The highest BCUT2D eigenvalue weighted by Gasteiger charge is 2.24. The van der Waals surface area contributed by atoms with Crippen LogP contribution >= 0.6 is 15.9 Å². The first-order chi connectivity index (χ1) is 14.8. The number of aryl methyl sites for hydroxylation is 1. The van der Waals surface area contributed by atoms with Crippen LogP contribution in [0.1, 0.15) is 43.2 Å². The number of benzene rings is 2. The molecular weight excluding hydrogens is 462 g/mol. The number of rotatable bonds is 6. The molecule has 0 aliphatic heterocycles. The molecule has 0 bridgehead atoms. The van der Waals surface area contributed by atoms with Gasteiger partial charge in [0, 0.05) is 22.5 Å². The number of anilines is 1. The molecule has 0 aromatic heterocycles. The first-order valence-corrected chi connectivity index (χ1v) is 11.0. The molecule has 31 heavy (non-hydrogen) atoms. The van der Waals surface area contributed by atoms with Crippen LogP contribution in [0.15, 0.2) is 52.6 Å². The fourth-order valence-electron chi connectivity index (χ4n) is 3.56. The van der Waals surface area contributed by atoms with Crippen LogP contribution in [0.25, 0.3) is 6.08 Å². The SMILES string of the molecule is Cc1ccc(NC(=O)C(=Cc2cccc([N+](=O)[O-])c2)NC(=O)C2CCCCC2)c(Br)c1. The van der Waals surface area contributed by atoms with Crippen LogP contribution in [0, 0.1) is 23.0 Å². The van der Waals surface area contributed by atoms with E-state index in [0.29, 0.717) is 15.7 Å². The molecule has 2 aromatic rings. The Morgan fingerprint density at radius 2 is 1.87 bits per heavy atom. The Balaban J connectivity index is 1.88. The second-order valence-corrected chi connectivity index (χ2v) is 8.53. The number of carbonyl (C=O) groups is 2.